The van der Waals surface area contributed by atoms with Crippen molar-refractivity contribution in [3.8, 4) is 5.88 Å². The van der Waals surface area contributed by atoms with Crippen molar-refractivity contribution in [3.63, 3.8) is 0 Å². The number of carbonyl (C=O) groups is 1. The van der Waals surface area contributed by atoms with Crippen LogP contribution in [-0.2, 0) is 9.47 Å². The Morgan fingerprint density at radius 3 is 2.38 bits per heavy atom. The summed E-state index contributed by atoms with van der Waals surface area (Å²) in [6, 6.07) is 4.00. The highest BCUT2D eigenvalue weighted by atomic mass is 16.6. The van der Waals surface area contributed by atoms with Crippen LogP contribution in [0.2, 0.25) is 0 Å². The average molecular weight is 448 g/mol. The van der Waals surface area contributed by atoms with E-state index >= 15 is 0 Å². The molecule has 3 heterocycles. The van der Waals surface area contributed by atoms with Gasteiger partial charge >= 0.3 is 6.09 Å². The molecule has 0 unspecified atom stereocenters. The summed E-state index contributed by atoms with van der Waals surface area (Å²) in [5.74, 6) is 0.655. The van der Waals surface area contributed by atoms with Gasteiger partial charge in [0, 0.05) is 57.0 Å². The van der Waals surface area contributed by atoms with E-state index < -0.39 is 5.60 Å². The Bertz CT molecular complexity index is 761. The Morgan fingerprint density at radius 1 is 1.03 bits per heavy atom. The molecule has 32 heavy (non-hydrogen) atoms. The molecule has 2 saturated heterocycles. The van der Waals surface area contributed by atoms with E-state index in [1.54, 1.807) is 11.1 Å². The van der Waals surface area contributed by atoms with Gasteiger partial charge in [-0.1, -0.05) is 0 Å². The lowest BCUT2D eigenvalue weighted by Gasteiger charge is -2.40. The van der Waals surface area contributed by atoms with Crippen LogP contribution in [0.5, 0.6) is 5.88 Å². The molecule has 8 nitrogen and oxygen atoms in total. The fraction of sp³-hybridized carbons (Fsp3) is 0.750. The summed E-state index contributed by atoms with van der Waals surface area (Å²) in [6.07, 6.45) is 6.94. The minimum absolute atomic E-state index is 0.132. The predicted octanol–water partition coefficient (Wildman–Crippen LogP) is 3.37. The van der Waals surface area contributed by atoms with Crippen molar-refractivity contribution in [2.45, 2.75) is 89.3 Å². The van der Waals surface area contributed by atoms with Crippen molar-refractivity contribution >= 4 is 11.8 Å². The topological polar surface area (TPSA) is 84.4 Å². The number of pyridine rings is 1. The van der Waals surface area contributed by atoms with Gasteiger partial charge in [-0.15, -0.1) is 0 Å². The molecule has 1 saturated carbocycles. The van der Waals surface area contributed by atoms with E-state index in [2.05, 4.69) is 9.88 Å². The Hall–Kier alpha value is -2.06. The third-order valence-corrected chi connectivity index (χ3v) is 6.37. The lowest BCUT2D eigenvalue weighted by atomic mass is 9.91. The molecule has 2 aliphatic heterocycles. The minimum atomic E-state index is -0.462. The minimum Gasteiger partial charge on any atom is -0.474 e. The molecule has 0 atom stereocenters. The Balaban J connectivity index is 1.16. The van der Waals surface area contributed by atoms with E-state index in [4.69, 9.17) is 14.2 Å². The Labute approximate surface area is 190 Å². The molecule has 0 aromatic carbocycles. The molecule has 1 aromatic rings. The summed E-state index contributed by atoms with van der Waals surface area (Å²) in [6.45, 7) is 8.74. The number of nitrogens with zero attached hydrogens (tertiary/aromatic N) is 3. The van der Waals surface area contributed by atoms with Gasteiger partial charge in [-0.05, 0) is 52.5 Å². The van der Waals surface area contributed by atoms with Gasteiger partial charge in [0.1, 0.15) is 11.7 Å². The first-order valence-electron chi connectivity index (χ1n) is 11.9. The van der Waals surface area contributed by atoms with Crippen LogP contribution in [0.4, 0.5) is 10.5 Å². The van der Waals surface area contributed by atoms with Crippen LogP contribution < -0.4 is 9.64 Å². The molecule has 1 N–H and O–H groups in total. The molecular formula is C24H37N3O5. The molecule has 4 rings (SSSR count). The number of piperidine rings is 2. The molecule has 1 aromatic heterocycles. The molecule has 8 heteroatoms. The molecule has 0 spiro atoms. The Kier molecular flexibility index (Phi) is 7.10. The van der Waals surface area contributed by atoms with E-state index in [1.165, 1.54) is 0 Å². The second-order valence-electron chi connectivity index (χ2n) is 10.2. The van der Waals surface area contributed by atoms with Crippen LogP contribution in [-0.4, -0.2) is 77.3 Å². The zero-order valence-corrected chi connectivity index (χ0v) is 19.5. The highest BCUT2D eigenvalue weighted by Gasteiger charge is 2.35. The van der Waals surface area contributed by atoms with Gasteiger partial charge in [0.2, 0.25) is 5.88 Å². The van der Waals surface area contributed by atoms with Crippen LogP contribution in [0.1, 0.15) is 59.3 Å². The standard InChI is InChI=1S/C24H37N3O5/c1-24(2,3)32-23(29)27-12-7-19(8-13-27)30-20-15-21(16-20)31-22-14-17(4-9-25-22)26-10-5-18(28)6-11-26/h4,9,14,18-21,28H,5-8,10-13,15-16H2,1-3H3/t20-,21-. The number of ether oxygens (including phenoxy) is 3. The zero-order chi connectivity index (χ0) is 22.7. The number of aliphatic hydroxyl groups excluding tert-OH is 1. The van der Waals surface area contributed by atoms with Crippen molar-refractivity contribution in [1.82, 2.24) is 9.88 Å². The van der Waals surface area contributed by atoms with Crippen LogP contribution in [0.25, 0.3) is 0 Å². The number of hydrogen-bond donors (Lipinski definition) is 1. The average Bonchev–Trinajstić information content (AvgIpc) is 2.72. The molecular weight excluding hydrogens is 410 g/mol. The number of aromatic nitrogens is 1. The fourth-order valence-corrected chi connectivity index (χ4v) is 4.45. The van der Waals surface area contributed by atoms with Gasteiger partial charge in [0.25, 0.3) is 0 Å². The van der Waals surface area contributed by atoms with E-state index in [1.807, 2.05) is 32.9 Å². The number of carbonyl (C=O) groups excluding carboxylic acids is 1. The van der Waals surface area contributed by atoms with E-state index in [0.717, 1.165) is 57.3 Å². The van der Waals surface area contributed by atoms with E-state index in [9.17, 15) is 9.90 Å². The maximum atomic E-state index is 12.2. The van der Waals surface area contributed by atoms with Gasteiger partial charge in [0.05, 0.1) is 18.3 Å². The summed E-state index contributed by atoms with van der Waals surface area (Å²) in [5, 5.41) is 9.71. The first-order valence-corrected chi connectivity index (χ1v) is 11.9. The lowest BCUT2D eigenvalue weighted by Crippen LogP contribution is -2.46. The number of anilines is 1. The Morgan fingerprint density at radius 2 is 1.72 bits per heavy atom. The molecule has 0 bridgehead atoms. The van der Waals surface area contributed by atoms with Gasteiger partial charge in [-0.25, -0.2) is 9.78 Å². The number of rotatable bonds is 5. The second kappa shape index (κ2) is 9.83. The van der Waals surface area contributed by atoms with Crippen LogP contribution >= 0.6 is 0 Å². The number of aliphatic hydroxyl groups is 1. The maximum Gasteiger partial charge on any atom is 0.410 e. The molecule has 1 amide bonds. The van der Waals surface area contributed by atoms with E-state index in [-0.39, 0.29) is 30.5 Å². The summed E-state index contributed by atoms with van der Waals surface area (Å²) in [4.78, 5) is 20.6. The molecule has 0 radical (unpaired) electrons. The molecule has 3 aliphatic rings. The SMILES string of the molecule is CC(C)(C)OC(=O)N1CCC(O[C@H]2C[C@H](Oc3cc(N4CCC(O)CC4)ccn3)C2)CC1. The summed E-state index contributed by atoms with van der Waals surface area (Å²) >= 11 is 0. The second-order valence-corrected chi connectivity index (χ2v) is 10.2. The summed E-state index contributed by atoms with van der Waals surface area (Å²) in [5.41, 5.74) is 0.640. The lowest BCUT2D eigenvalue weighted by molar-refractivity contribution is -0.110. The van der Waals surface area contributed by atoms with Crippen molar-refractivity contribution in [1.29, 1.82) is 0 Å². The zero-order valence-electron chi connectivity index (χ0n) is 19.5. The van der Waals surface area contributed by atoms with Crippen molar-refractivity contribution < 1.29 is 24.1 Å². The van der Waals surface area contributed by atoms with Gasteiger partial charge in [0.15, 0.2) is 0 Å². The highest BCUT2D eigenvalue weighted by Crippen LogP contribution is 2.32. The van der Waals surface area contributed by atoms with Crippen molar-refractivity contribution in [2.24, 2.45) is 0 Å². The maximum absolute atomic E-state index is 12.2. The fourth-order valence-electron chi connectivity index (χ4n) is 4.45. The number of hydrogen-bond acceptors (Lipinski definition) is 7. The first kappa shape index (κ1) is 23.1. The first-order chi connectivity index (χ1) is 15.2. The van der Waals surface area contributed by atoms with Gasteiger partial charge < -0.3 is 29.1 Å². The molecule has 3 fully saturated rings. The van der Waals surface area contributed by atoms with Crippen LogP contribution in [0, 0.1) is 0 Å². The number of likely N-dealkylation sites (tertiary alicyclic amines) is 1. The molecule has 1 aliphatic carbocycles. The van der Waals surface area contributed by atoms with E-state index in [0.29, 0.717) is 19.0 Å². The largest absolute Gasteiger partial charge is 0.474 e. The third-order valence-electron chi connectivity index (χ3n) is 6.37. The monoisotopic (exact) mass is 447 g/mol. The third kappa shape index (κ3) is 6.25. The smallest absolute Gasteiger partial charge is 0.410 e. The van der Waals surface area contributed by atoms with Crippen LogP contribution in [0.3, 0.4) is 0 Å². The van der Waals surface area contributed by atoms with Gasteiger partial charge in [-0.3, -0.25) is 0 Å². The summed E-state index contributed by atoms with van der Waals surface area (Å²) in [7, 11) is 0. The highest BCUT2D eigenvalue weighted by molar-refractivity contribution is 5.68. The molecule has 178 valence electrons. The number of amides is 1. The van der Waals surface area contributed by atoms with Crippen molar-refractivity contribution in [2.75, 3.05) is 31.1 Å². The summed E-state index contributed by atoms with van der Waals surface area (Å²) < 4.78 is 17.8. The normalized spacial score (nSPS) is 25.4. The quantitative estimate of drug-likeness (QED) is 0.741. The predicted molar refractivity (Wildman–Crippen MR) is 121 cm³/mol. The van der Waals surface area contributed by atoms with Crippen LogP contribution in [0.15, 0.2) is 18.3 Å². The van der Waals surface area contributed by atoms with Crippen molar-refractivity contribution in [3.05, 3.63) is 18.3 Å². The van der Waals surface area contributed by atoms with Gasteiger partial charge in [-0.2, -0.15) is 0 Å².